The van der Waals surface area contributed by atoms with Gasteiger partial charge in [-0.15, -0.1) is 0 Å². The van der Waals surface area contributed by atoms with Gasteiger partial charge in [0.05, 0.1) is 12.8 Å². The predicted octanol–water partition coefficient (Wildman–Crippen LogP) is 1.74. The van der Waals surface area contributed by atoms with Crippen LogP contribution in [0.1, 0.15) is 16.8 Å². The molecule has 0 saturated carbocycles. The Morgan fingerprint density at radius 2 is 2.15 bits per heavy atom. The number of ether oxygens (including phenoxy) is 1. The maximum absolute atomic E-state index is 5.14. The number of benzene rings is 1. The van der Waals surface area contributed by atoms with E-state index in [9.17, 15) is 0 Å². The van der Waals surface area contributed by atoms with Gasteiger partial charge in [-0.2, -0.15) is 0 Å². The second-order valence-corrected chi connectivity index (χ2v) is 4.79. The Morgan fingerprint density at radius 3 is 2.95 bits per heavy atom. The molecule has 1 aromatic heterocycles. The van der Waals surface area contributed by atoms with Crippen LogP contribution in [0.15, 0.2) is 30.5 Å². The van der Waals surface area contributed by atoms with Gasteiger partial charge in [0.2, 0.25) is 5.95 Å². The minimum Gasteiger partial charge on any atom is -0.497 e. The topological polar surface area (TPSA) is 59.1 Å². The number of hydrogen-bond donors (Lipinski definition) is 2. The zero-order valence-corrected chi connectivity index (χ0v) is 11.5. The third-order valence-corrected chi connectivity index (χ3v) is 3.43. The van der Waals surface area contributed by atoms with Crippen LogP contribution in [0.4, 0.5) is 5.95 Å². The molecule has 0 aliphatic carbocycles. The standard InChI is InChI=1S/C15H18N4O/c1-20-13-4-2-11(3-5-13)8-17-15-18-9-12-6-7-16-10-14(12)19-15/h2-5,9,16H,6-8,10H2,1H3,(H,17,18,19). The molecular formula is C15H18N4O. The lowest BCUT2D eigenvalue weighted by Gasteiger charge is -2.16. The molecule has 0 saturated heterocycles. The maximum Gasteiger partial charge on any atom is 0.223 e. The molecule has 5 nitrogen and oxygen atoms in total. The first-order valence-corrected chi connectivity index (χ1v) is 6.77. The summed E-state index contributed by atoms with van der Waals surface area (Å²) in [4.78, 5) is 8.92. The van der Waals surface area contributed by atoms with Crippen LogP contribution in [0.25, 0.3) is 0 Å². The van der Waals surface area contributed by atoms with Crippen molar-refractivity contribution < 1.29 is 4.74 Å². The lowest BCUT2D eigenvalue weighted by Crippen LogP contribution is -2.25. The van der Waals surface area contributed by atoms with Crippen LogP contribution < -0.4 is 15.4 Å². The highest BCUT2D eigenvalue weighted by molar-refractivity contribution is 5.34. The molecule has 0 radical (unpaired) electrons. The summed E-state index contributed by atoms with van der Waals surface area (Å²) in [6.45, 7) is 2.54. The van der Waals surface area contributed by atoms with Gasteiger partial charge < -0.3 is 15.4 Å². The average molecular weight is 270 g/mol. The summed E-state index contributed by atoms with van der Waals surface area (Å²) in [5, 5.41) is 6.58. The van der Waals surface area contributed by atoms with Crippen molar-refractivity contribution in [2.45, 2.75) is 19.5 Å². The Bertz CT molecular complexity index is 583. The van der Waals surface area contributed by atoms with Crippen molar-refractivity contribution in [2.24, 2.45) is 0 Å². The zero-order chi connectivity index (χ0) is 13.8. The van der Waals surface area contributed by atoms with E-state index in [2.05, 4.69) is 20.6 Å². The van der Waals surface area contributed by atoms with Crippen LogP contribution in [0.5, 0.6) is 5.75 Å². The van der Waals surface area contributed by atoms with Gasteiger partial charge in [0, 0.05) is 19.3 Å². The van der Waals surface area contributed by atoms with Gasteiger partial charge >= 0.3 is 0 Å². The molecule has 1 aliphatic heterocycles. The average Bonchev–Trinajstić information content (AvgIpc) is 2.53. The molecule has 1 aromatic carbocycles. The van der Waals surface area contributed by atoms with Gasteiger partial charge in [-0.1, -0.05) is 12.1 Å². The number of aromatic nitrogens is 2. The van der Waals surface area contributed by atoms with E-state index in [0.717, 1.165) is 31.0 Å². The fraction of sp³-hybridized carbons (Fsp3) is 0.333. The fourth-order valence-corrected chi connectivity index (χ4v) is 2.24. The first-order valence-electron chi connectivity index (χ1n) is 6.77. The Labute approximate surface area is 118 Å². The zero-order valence-electron chi connectivity index (χ0n) is 11.5. The Balaban J connectivity index is 1.65. The molecule has 2 aromatic rings. The monoisotopic (exact) mass is 270 g/mol. The SMILES string of the molecule is COc1ccc(CNc2ncc3c(n2)CNCC3)cc1. The van der Waals surface area contributed by atoms with Crippen LogP contribution in [0.3, 0.4) is 0 Å². The van der Waals surface area contributed by atoms with Crippen LogP contribution in [-0.4, -0.2) is 23.6 Å². The summed E-state index contributed by atoms with van der Waals surface area (Å²) in [6, 6.07) is 7.97. The summed E-state index contributed by atoms with van der Waals surface area (Å²) in [5.74, 6) is 1.55. The van der Waals surface area contributed by atoms with Crippen molar-refractivity contribution >= 4 is 5.95 Å². The molecule has 0 bridgehead atoms. The van der Waals surface area contributed by atoms with Crippen molar-refractivity contribution in [3.8, 4) is 5.75 Å². The minimum absolute atomic E-state index is 0.684. The fourth-order valence-electron chi connectivity index (χ4n) is 2.24. The second kappa shape index (κ2) is 5.88. The van der Waals surface area contributed by atoms with Gasteiger partial charge in [-0.05, 0) is 36.2 Å². The number of methoxy groups -OCH3 is 1. The molecular weight excluding hydrogens is 252 g/mol. The third kappa shape index (κ3) is 2.88. The molecule has 20 heavy (non-hydrogen) atoms. The highest BCUT2D eigenvalue weighted by atomic mass is 16.5. The normalized spacial score (nSPS) is 13.7. The van der Waals surface area contributed by atoms with E-state index in [-0.39, 0.29) is 0 Å². The molecule has 0 atom stereocenters. The van der Waals surface area contributed by atoms with Gasteiger partial charge in [0.25, 0.3) is 0 Å². The predicted molar refractivity (Wildman–Crippen MR) is 77.8 cm³/mol. The summed E-state index contributed by atoms with van der Waals surface area (Å²) in [7, 11) is 1.67. The van der Waals surface area contributed by atoms with E-state index >= 15 is 0 Å². The van der Waals surface area contributed by atoms with Gasteiger partial charge in [-0.25, -0.2) is 9.97 Å². The molecule has 0 spiro atoms. The van der Waals surface area contributed by atoms with Crippen molar-refractivity contribution in [2.75, 3.05) is 19.0 Å². The van der Waals surface area contributed by atoms with Crippen molar-refractivity contribution in [3.05, 3.63) is 47.3 Å². The van der Waals surface area contributed by atoms with Crippen molar-refractivity contribution in [3.63, 3.8) is 0 Å². The van der Waals surface area contributed by atoms with E-state index < -0.39 is 0 Å². The molecule has 5 heteroatoms. The maximum atomic E-state index is 5.14. The van der Waals surface area contributed by atoms with E-state index in [1.165, 1.54) is 11.1 Å². The van der Waals surface area contributed by atoms with E-state index in [0.29, 0.717) is 12.5 Å². The molecule has 104 valence electrons. The third-order valence-electron chi connectivity index (χ3n) is 3.43. The second-order valence-electron chi connectivity index (χ2n) is 4.79. The Hall–Kier alpha value is -2.14. The highest BCUT2D eigenvalue weighted by Crippen LogP contribution is 2.14. The number of nitrogens with zero attached hydrogens (tertiary/aromatic N) is 2. The van der Waals surface area contributed by atoms with Gasteiger partial charge in [-0.3, -0.25) is 0 Å². The summed E-state index contributed by atoms with van der Waals surface area (Å²) >= 11 is 0. The first-order chi connectivity index (χ1) is 9.85. The molecule has 2 heterocycles. The number of anilines is 1. The van der Waals surface area contributed by atoms with Crippen LogP contribution in [0.2, 0.25) is 0 Å². The Kier molecular flexibility index (Phi) is 3.78. The number of fused-ring (bicyclic) bond motifs is 1. The lowest BCUT2D eigenvalue weighted by molar-refractivity contribution is 0.414. The van der Waals surface area contributed by atoms with Crippen molar-refractivity contribution in [1.82, 2.24) is 15.3 Å². The summed E-state index contributed by atoms with van der Waals surface area (Å²) < 4.78 is 5.14. The summed E-state index contributed by atoms with van der Waals surface area (Å²) in [5.41, 5.74) is 3.52. The largest absolute Gasteiger partial charge is 0.497 e. The minimum atomic E-state index is 0.684. The number of hydrogen-bond acceptors (Lipinski definition) is 5. The highest BCUT2D eigenvalue weighted by Gasteiger charge is 2.11. The number of nitrogens with one attached hydrogen (secondary N) is 2. The molecule has 3 rings (SSSR count). The van der Waals surface area contributed by atoms with Gasteiger partial charge in [0.1, 0.15) is 5.75 Å². The van der Waals surface area contributed by atoms with Crippen LogP contribution >= 0.6 is 0 Å². The van der Waals surface area contributed by atoms with Gasteiger partial charge in [0.15, 0.2) is 0 Å². The molecule has 0 unspecified atom stereocenters. The quantitative estimate of drug-likeness (QED) is 0.886. The van der Waals surface area contributed by atoms with E-state index in [4.69, 9.17) is 4.74 Å². The van der Waals surface area contributed by atoms with Crippen LogP contribution in [-0.2, 0) is 19.5 Å². The lowest BCUT2D eigenvalue weighted by atomic mass is 10.1. The van der Waals surface area contributed by atoms with Crippen LogP contribution in [0, 0.1) is 0 Å². The molecule has 0 fully saturated rings. The molecule has 2 N–H and O–H groups in total. The van der Waals surface area contributed by atoms with Crippen molar-refractivity contribution in [1.29, 1.82) is 0 Å². The first kappa shape index (κ1) is 12.9. The Morgan fingerprint density at radius 1 is 1.30 bits per heavy atom. The number of rotatable bonds is 4. The smallest absolute Gasteiger partial charge is 0.223 e. The summed E-state index contributed by atoms with van der Waals surface area (Å²) in [6.07, 6.45) is 2.94. The van der Waals surface area contributed by atoms with E-state index in [1.54, 1.807) is 7.11 Å². The molecule has 0 amide bonds. The molecule has 1 aliphatic rings. The van der Waals surface area contributed by atoms with E-state index in [1.807, 2.05) is 30.5 Å².